The number of benzene rings is 2. The Balaban J connectivity index is 2.02. The maximum atomic E-state index is 11.1. The van der Waals surface area contributed by atoms with Gasteiger partial charge in [-0.15, -0.1) is 0 Å². The third-order valence-corrected chi connectivity index (χ3v) is 10.2. The van der Waals surface area contributed by atoms with Crippen LogP contribution in [0.25, 0.3) is 0 Å². The van der Waals surface area contributed by atoms with Crippen molar-refractivity contribution in [2.45, 2.75) is 13.1 Å². The van der Waals surface area contributed by atoms with Crippen molar-refractivity contribution in [3.63, 3.8) is 0 Å². The van der Waals surface area contributed by atoms with E-state index in [1.807, 2.05) is 6.07 Å². The van der Waals surface area contributed by atoms with E-state index in [-0.39, 0.29) is 14.5 Å². The van der Waals surface area contributed by atoms with Gasteiger partial charge in [-0.2, -0.15) is 0 Å². The molecule has 0 N–H and O–H groups in total. The molecule has 0 bridgehead atoms. The van der Waals surface area contributed by atoms with Crippen molar-refractivity contribution in [2.24, 2.45) is 0 Å². The van der Waals surface area contributed by atoms with E-state index in [1.165, 1.54) is 26.3 Å². The van der Waals surface area contributed by atoms with E-state index in [2.05, 4.69) is 72.6 Å². The first-order chi connectivity index (χ1) is 11.1. The molecule has 23 heavy (non-hydrogen) atoms. The number of fused-ring (bicyclic) bond motifs is 2. The second-order valence-electron chi connectivity index (χ2n) is 6.29. The number of carbonyl (C=O) groups is 1. The van der Waals surface area contributed by atoms with Crippen molar-refractivity contribution in [2.75, 3.05) is 4.90 Å². The minimum absolute atomic E-state index is 0.0744. The fourth-order valence-electron chi connectivity index (χ4n) is 3.43. The summed E-state index contributed by atoms with van der Waals surface area (Å²) in [4.78, 5) is 13.5. The molecule has 0 unspecified atom stereocenters. The molecule has 2 heterocycles. The first-order valence-corrected chi connectivity index (χ1v) is 12.4. The summed E-state index contributed by atoms with van der Waals surface area (Å²) in [7, 11) is -1.70. The zero-order valence-corrected chi connectivity index (χ0v) is 15.8. The summed E-state index contributed by atoms with van der Waals surface area (Å²) in [5.74, 6) is 0. The first-order valence-electron chi connectivity index (χ1n) is 7.67. The van der Waals surface area contributed by atoms with Gasteiger partial charge in [0.2, 0.25) is 0 Å². The van der Waals surface area contributed by atoms with Crippen molar-refractivity contribution in [3.8, 4) is 0 Å². The van der Waals surface area contributed by atoms with Gasteiger partial charge < -0.3 is 0 Å². The number of carbonyl (C=O) groups excluding carboxylic acids is 1. The summed E-state index contributed by atoms with van der Waals surface area (Å²) >= 11 is 0.0744. The standard InChI is InChI=1S/C19H17NOSeSi/c1-23(2)17-9-5-3-7-15(17)20(16-8-4-6-10-18(16)23)19-12-11-14(13-21)22-19/h3-13H,1-2H3. The summed E-state index contributed by atoms with van der Waals surface area (Å²) in [5, 5.41) is 2.94. The van der Waals surface area contributed by atoms with E-state index >= 15 is 0 Å². The number of anilines is 3. The van der Waals surface area contributed by atoms with Crippen molar-refractivity contribution in [1.82, 2.24) is 0 Å². The third-order valence-electron chi connectivity index (χ3n) is 4.59. The van der Waals surface area contributed by atoms with Gasteiger partial charge in [-0.1, -0.05) is 0 Å². The number of para-hydroxylation sites is 2. The number of hydrogen-bond acceptors (Lipinski definition) is 2. The second-order valence-corrected chi connectivity index (χ2v) is 12.9. The summed E-state index contributed by atoms with van der Waals surface area (Å²) in [6.45, 7) is 4.84. The van der Waals surface area contributed by atoms with Crippen LogP contribution in [0.1, 0.15) is 9.23 Å². The summed E-state index contributed by atoms with van der Waals surface area (Å²) in [5.41, 5.74) is 2.58. The van der Waals surface area contributed by atoms with E-state index in [4.69, 9.17) is 0 Å². The van der Waals surface area contributed by atoms with Gasteiger partial charge in [0.1, 0.15) is 0 Å². The zero-order chi connectivity index (χ0) is 16.0. The Bertz CT molecular complexity index is 850. The number of rotatable bonds is 2. The van der Waals surface area contributed by atoms with Crippen LogP contribution >= 0.6 is 0 Å². The zero-order valence-electron chi connectivity index (χ0n) is 13.1. The fraction of sp³-hybridized carbons (Fsp3) is 0.105. The van der Waals surface area contributed by atoms with E-state index in [1.54, 1.807) is 0 Å². The van der Waals surface area contributed by atoms with Gasteiger partial charge in [0.05, 0.1) is 0 Å². The van der Waals surface area contributed by atoms with Crippen molar-refractivity contribution in [3.05, 3.63) is 65.1 Å². The molecule has 4 heteroatoms. The summed E-state index contributed by atoms with van der Waals surface area (Å²) < 4.78 is 2.15. The Hall–Kier alpha value is -1.87. The van der Waals surface area contributed by atoms with Gasteiger partial charge in [0.25, 0.3) is 0 Å². The minimum atomic E-state index is -1.70. The normalized spacial score (nSPS) is 15.0. The quantitative estimate of drug-likeness (QED) is 0.501. The molecule has 0 amide bonds. The predicted molar refractivity (Wildman–Crippen MR) is 100 cm³/mol. The summed E-state index contributed by atoms with van der Waals surface area (Å²) in [6.07, 6.45) is 0.990. The topological polar surface area (TPSA) is 20.3 Å². The Morgan fingerprint density at radius 2 is 1.43 bits per heavy atom. The molecule has 0 saturated carbocycles. The van der Waals surface area contributed by atoms with Crippen LogP contribution in [0.15, 0.2) is 60.7 Å². The molecule has 1 aromatic heterocycles. The Morgan fingerprint density at radius 1 is 0.870 bits per heavy atom. The van der Waals surface area contributed by atoms with E-state index < -0.39 is 8.07 Å². The van der Waals surface area contributed by atoms with Crippen molar-refractivity contribution < 1.29 is 4.79 Å². The molecular formula is C19H17NOSeSi. The van der Waals surface area contributed by atoms with Gasteiger partial charge in [-0.3, -0.25) is 0 Å². The van der Waals surface area contributed by atoms with E-state index in [0.717, 1.165) is 10.7 Å². The second kappa shape index (κ2) is 5.34. The SMILES string of the molecule is C[Si]1(C)c2ccccc2N(c2ccc(C=O)[se]2)c2ccccc21. The third kappa shape index (κ3) is 2.18. The molecule has 2 nitrogen and oxygen atoms in total. The average molecular weight is 382 g/mol. The average Bonchev–Trinajstić information content (AvgIpc) is 3.04. The van der Waals surface area contributed by atoms with Crippen LogP contribution in [0.4, 0.5) is 15.9 Å². The van der Waals surface area contributed by atoms with Crippen LogP contribution < -0.4 is 15.3 Å². The Morgan fingerprint density at radius 3 is 1.96 bits per heavy atom. The van der Waals surface area contributed by atoms with Crippen LogP contribution in [0, 0.1) is 0 Å². The van der Waals surface area contributed by atoms with Gasteiger partial charge >= 0.3 is 143 Å². The monoisotopic (exact) mass is 383 g/mol. The molecule has 0 aliphatic carbocycles. The van der Waals surface area contributed by atoms with Crippen LogP contribution in [-0.4, -0.2) is 28.9 Å². The summed E-state index contributed by atoms with van der Waals surface area (Å²) in [6, 6.07) is 21.6. The van der Waals surface area contributed by atoms with Gasteiger partial charge in [-0.05, 0) is 0 Å². The molecule has 0 atom stereocenters. The molecule has 2 aromatic carbocycles. The van der Waals surface area contributed by atoms with Crippen molar-refractivity contribution >= 4 is 55.2 Å². The number of hydrogen-bond donors (Lipinski definition) is 0. The predicted octanol–water partition coefficient (Wildman–Crippen LogP) is 3.16. The van der Waals surface area contributed by atoms with E-state index in [9.17, 15) is 4.79 Å². The Labute approximate surface area is 143 Å². The Kier molecular flexibility index (Phi) is 3.41. The molecule has 4 rings (SSSR count). The molecule has 1 aliphatic heterocycles. The molecular weight excluding hydrogens is 365 g/mol. The van der Waals surface area contributed by atoms with Gasteiger partial charge in [0, 0.05) is 0 Å². The molecule has 0 saturated heterocycles. The van der Waals surface area contributed by atoms with E-state index in [0.29, 0.717) is 0 Å². The van der Waals surface area contributed by atoms with Gasteiger partial charge in [-0.25, -0.2) is 0 Å². The molecule has 1 aliphatic rings. The first kappa shape index (κ1) is 14.7. The van der Waals surface area contributed by atoms with Crippen LogP contribution in [0.5, 0.6) is 0 Å². The number of nitrogens with zero attached hydrogens (tertiary/aromatic N) is 1. The van der Waals surface area contributed by atoms with Crippen LogP contribution in [0.3, 0.4) is 0 Å². The van der Waals surface area contributed by atoms with Gasteiger partial charge in [0.15, 0.2) is 0 Å². The van der Waals surface area contributed by atoms with Crippen molar-refractivity contribution in [1.29, 1.82) is 0 Å². The maximum absolute atomic E-state index is 11.1. The molecule has 0 spiro atoms. The fourth-order valence-corrected chi connectivity index (χ4v) is 8.20. The molecule has 0 radical (unpaired) electrons. The molecule has 0 fully saturated rings. The van der Waals surface area contributed by atoms with Crippen LogP contribution in [0.2, 0.25) is 13.1 Å². The van der Waals surface area contributed by atoms with Crippen LogP contribution in [-0.2, 0) is 0 Å². The molecule has 3 aromatic rings. The molecule has 114 valence electrons. The number of aldehydes is 1.